The van der Waals surface area contributed by atoms with Crippen LogP contribution in [0.1, 0.15) is 58.8 Å². The van der Waals surface area contributed by atoms with Crippen LogP contribution < -0.4 is 21.3 Å². The molecule has 1 aliphatic heterocycles. The molecule has 218 valence electrons. The van der Waals surface area contributed by atoms with Gasteiger partial charge < -0.3 is 26.2 Å². The number of nitrogen functional groups attached to an aromatic ring is 1. The molecule has 1 aliphatic carbocycles. The molecule has 1 saturated carbocycles. The fourth-order valence-corrected chi connectivity index (χ4v) is 5.76. The first-order chi connectivity index (χ1) is 19.9. The fraction of sp³-hybridized carbons (Fsp3) is 0.517. The highest BCUT2D eigenvalue weighted by atomic mass is 16.2. The molecule has 2 amide bonds. The lowest BCUT2D eigenvalue weighted by molar-refractivity contribution is -0.128. The zero-order chi connectivity index (χ0) is 28.8. The van der Waals surface area contributed by atoms with Gasteiger partial charge in [0.1, 0.15) is 12.1 Å². The van der Waals surface area contributed by atoms with Gasteiger partial charge in [0.05, 0.1) is 0 Å². The monoisotopic (exact) mass is 560 g/mol. The third kappa shape index (κ3) is 7.11. The molecular formula is C29H40N10O2. The smallest absolute Gasteiger partial charge is 0.248 e. The number of nitrogens with one attached hydrogen (secondary N) is 2. The van der Waals surface area contributed by atoms with E-state index in [0.717, 1.165) is 68.3 Å². The van der Waals surface area contributed by atoms with Crippen LogP contribution in [0, 0.1) is 11.8 Å². The number of hydrogen-bond donors (Lipinski definition) is 3. The normalized spacial score (nSPS) is 19.5. The van der Waals surface area contributed by atoms with Crippen LogP contribution in [0.4, 0.5) is 29.1 Å². The molecule has 3 heterocycles. The zero-order valence-electron chi connectivity index (χ0n) is 23.9. The Hall–Kier alpha value is -4.22. The minimum atomic E-state index is 0.0879. The summed E-state index contributed by atoms with van der Waals surface area (Å²) in [4.78, 5) is 41.7. The van der Waals surface area contributed by atoms with E-state index in [0.29, 0.717) is 24.9 Å². The van der Waals surface area contributed by atoms with E-state index in [9.17, 15) is 9.59 Å². The lowest BCUT2D eigenvalue weighted by Gasteiger charge is -2.27. The number of hydrogen-bond acceptors (Lipinski definition) is 9. The summed E-state index contributed by atoms with van der Waals surface area (Å²) in [5.41, 5.74) is 7.72. The lowest BCUT2D eigenvalue weighted by Crippen LogP contribution is -2.33. The third-order valence-electron chi connectivity index (χ3n) is 8.08. The molecule has 2 fully saturated rings. The van der Waals surface area contributed by atoms with Crippen molar-refractivity contribution in [3.63, 3.8) is 0 Å². The number of nitrogens with two attached hydrogens (primary N) is 1. The number of anilines is 5. The minimum Gasteiger partial charge on any atom is -0.368 e. The Morgan fingerprint density at radius 3 is 2.44 bits per heavy atom. The molecule has 1 aromatic carbocycles. The van der Waals surface area contributed by atoms with E-state index in [-0.39, 0.29) is 23.7 Å². The first kappa shape index (κ1) is 28.3. The molecule has 0 bridgehead atoms. The van der Waals surface area contributed by atoms with Gasteiger partial charge in [-0.3, -0.25) is 9.59 Å². The number of carbonyl (C=O) groups is 2. The van der Waals surface area contributed by atoms with E-state index in [1.807, 2.05) is 35.2 Å². The number of rotatable bonds is 8. The van der Waals surface area contributed by atoms with E-state index in [1.54, 1.807) is 6.92 Å². The van der Waals surface area contributed by atoms with Crippen molar-refractivity contribution in [2.24, 2.45) is 11.8 Å². The van der Waals surface area contributed by atoms with Crippen molar-refractivity contribution in [2.45, 2.75) is 58.8 Å². The van der Waals surface area contributed by atoms with E-state index in [4.69, 9.17) is 5.73 Å². The summed E-state index contributed by atoms with van der Waals surface area (Å²) < 4.78 is 1.47. The highest BCUT2D eigenvalue weighted by Gasteiger charge is 2.26. The fourth-order valence-electron chi connectivity index (χ4n) is 5.76. The SMILES string of the molecule is CCCC1CCC(C(=O)Nc2ccc(Nc3nc(N)n(-c4cc(N5CCCN(C(C)=O)CC5)ncn4)n3)cc2)CC1. The van der Waals surface area contributed by atoms with Crippen LogP contribution in [0.2, 0.25) is 0 Å². The van der Waals surface area contributed by atoms with Crippen molar-refractivity contribution < 1.29 is 9.59 Å². The summed E-state index contributed by atoms with van der Waals surface area (Å²) in [6.45, 7) is 6.69. The van der Waals surface area contributed by atoms with Crippen molar-refractivity contribution in [1.29, 1.82) is 0 Å². The molecular weight excluding hydrogens is 520 g/mol. The maximum atomic E-state index is 12.8. The van der Waals surface area contributed by atoms with Crippen molar-refractivity contribution in [2.75, 3.05) is 47.4 Å². The van der Waals surface area contributed by atoms with Crippen LogP contribution in [-0.2, 0) is 9.59 Å². The summed E-state index contributed by atoms with van der Waals surface area (Å²) >= 11 is 0. The molecule has 0 unspecified atom stereocenters. The molecule has 5 rings (SSSR count). The van der Waals surface area contributed by atoms with Crippen molar-refractivity contribution in [3.8, 4) is 5.82 Å². The van der Waals surface area contributed by atoms with Gasteiger partial charge in [-0.25, -0.2) is 9.97 Å². The third-order valence-corrected chi connectivity index (χ3v) is 8.08. The lowest BCUT2D eigenvalue weighted by atomic mass is 9.80. The van der Waals surface area contributed by atoms with Crippen molar-refractivity contribution in [1.82, 2.24) is 29.6 Å². The second-order valence-corrected chi connectivity index (χ2v) is 11.0. The van der Waals surface area contributed by atoms with Crippen molar-refractivity contribution in [3.05, 3.63) is 36.7 Å². The molecule has 3 aromatic rings. The topological polar surface area (TPSA) is 147 Å². The van der Waals surface area contributed by atoms with Crippen LogP contribution in [-0.4, -0.2) is 67.6 Å². The van der Waals surface area contributed by atoms with Crippen LogP contribution in [0.3, 0.4) is 0 Å². The predicted molar refractivity (Wildman–Crippen MR) is 159 cm³/mol. The number of amides is 2. The first-order valence-electron chi connectivity index (χ1n) is 14.6. The van der Waals surface area contributed by atoms with Crippen molar-refractivity contribution >= 4 is 40.9 Å². The molecule has 0 spiro atoms. The standard InChI is InChI=1S/C29H40N10O2/c1-3-5-21-6-8-22(9-7-21)27(41)33-23-10-12-24(13-11-23)34-29-35-28(30)39(36-29)26-18-25(31-19-32-26)38-15-4-14-37(16-17-38)20(2)40/h10-13,18-19,21-22H,3-9,14-17H2,1-2H3,(H,33,41)(H3,30,34,35,36). The Morgan fingerprint density at radius 2 is 1.71 bits per heavy atom. The van der Waals surface area contributed by atoms with E-state index >= 15 is 0 Å². The largest absolute Gasteiger partial charge is 0.368 e. The zero-order valence-corrected chi connectivity index (χ0v) is 23.9. The van der Waals surface area contributed by atoms with Gasteiger partial charge in [-0.1, -0.05) is 19.8 Å². The number of nitrogens with zero attached hydrogens (tertiary/aromatic N) is 7. The van der Waals surface area contributed by atoms with Gasteiger partial charge in [0.2, 0.25) is 23.7 Å². The molecule has 2 aliphatic rings. The summed E-state index contributed by atoms with van der Waals surface area (Å²) in [6.07, 6.45) is 9.05. The van der Waals surface area contributed by atoms with Crippen LogP contribution in [0.5, 0.6) is 0 Å². The van der Waals surface area contributed by atoms with E-state index < -0.39 is 0 Å². The summed E-state index contributed by atoms with van der Waals surface area (Å²) in [6, 6.07) is 9.31. The first-order valence-corrected chi connectivity index (χ1v) is 14.6. The van der Waals surface area contributed by atoms with Crippen LogP contribution in [0.25, 0.3) is 5.82 Å². The van der Waals surface area contributed by atoms with Gasteiger partial charge in [-0.05, 0) is 62.3 Å². The second kappa shape index (κ2) is 13.0. The van der Waals surface area contributed by atoms with Gasteiger partial charge in [0.25, 0.3) is 0 Å². The quantitative estimate of drug-likeness (QED) is 0.372. The molecule has 12 heteroatoms. The molecule has 0 atom stereocenters. The van der Waals surface area contributed by atoms with Gasteiger partial charge in [0.15, 0.2) is 5.82 Å². The summed E-state index contributed by atoms with van der Waals surface area (Å²) in [7, 11) is 0. The highest BCUT2D eigenvalue weighted by Crippen LogP contribution is 2.32. The maximum Gasteiger partial charge on any atom is 0.248 e. The van der Waals surface area contributed by atoms with E-state index in [1.165, 1.54) is 23.9 Å². The Labute approximate surface area is 240 Å². The molecule has 0 radical (unpaired) electrons. The molecule has 12 nitrogen and oxygen atoms in total. The van der Waals surface area contributed by atoms with Gasteiger partial charge >= 0.3 is 0 Å². The molecule has 41 heavy (non-hydrogen) atoms. The maximum absolute atomic E-state index is 12.8. The predicted octanol–water partition coefficient (Wildman–Crippen LogP) is 3.99. The second-order valence-electron chi connectivity index (χ2n) is 11.0. The highest BCUT2D eigenvalue weighted by molar-refractivity contribution is 5.92. The molecule has 1 saturated heterocycles. The van der Waals surface area contributed by atoms with Crippen LogP contribution in [0.15, 0.2) is 36.7 Å². The van der Waals surface area contributed by atoms with Gasteiger partial charge in [0, 0.05) is 56.5 Å². The summed E-state index contributed by atoms with van der Waals surface area (Å²) in [5.74, 6) is 2.83. The Kier molecular flexibility index (Phi) is 8.95. The van der Waals surface area contributed by atoms with E-state index in [2.05, 4.69) is 42.5 Å². The average molecular weight is 561 g/mol. The number of aromatic nitrogens is 5. The minimum absolute atomic E-state index is 0.0879. The Bertz CT molecular complexity index is 1330. The van der Waals surface area contributed by atoms with Crippen LogP contribution >= 0.6 is 0 Å². The van der Waals surface area contributed by atoms with Gasteiger partial charge in [-0.15, -0.1) is 5.10 Å². The molecule has 2 aromatic heterocycles. The number of carbonyl (C=O) groups excluding carboxylic acids is 2. The summed E-state index contributed by atoms with van der Waals surface area (Å²) in [5, 5.41) is 10.7. The Balaban J connectivity index is 1.19. The Morgan fingerprint density at radius 1 is 0.976 bits per heavy atom. The van der Waals surface area contributed by atoms with Gasteiger partial charge in [-0.2, -0.15) is 9.67 Å². The average Bonchev–Trinajstić information content (AvgIpc) is 3.17. The number of benzene rings is 1. The molecule has 4 N–H and O–H groups in total.